The Hall–Kier alpha value is -1.18. The highest BCUT2D eigenvalue weighted by molar-refractivity contribution is 7.80. The van der Waals surface area contributed by atoms with Crippen LogP contribution in [-0.4, -0.2) is 11.1 Å². The molecule has 1 aromatic rings. The van der Waals surface area contributed by atoms with Gasteiger partial charge in [0.1, 0.15) is 0 Å². The van der Waals surface area contributed by atoms with E-state index in [0.29, 0.717) is 16.0 Å². The van der Waals surface area contributed by atoms with Gasteiger partial charge in [0.05, 0.1) is 18.1 Å². The van der Waals surface area contributed by atoms with Crippen molar-refractivity contribution in [3.63, 3.8) is 0 Å². The molecule has 0 bridgehead atoms. The molecule has 1 N–H and O–H groups in total. The van der Waals surface area contributed by atoms with Crippen molar-refractivity contribution in [3.05, 3.63) is 28.8 Å². The molecule has 0 unspecified atom stereocenters. The molecule has 0 amide bonds. The second kappa shape index (κ2) is 5.06. The third kappa shape index (κ3) is 2.65. The zero-order valence-corrected chi connectivity index (χ0v) is 9.35. The van der Waals surface area contributed by atoms with Gasteiger partial charge in [-0.3, -0.25) is 4.79 Å². The second-order valence-corrected chi connectivity index (χ2v) is 3.63. The molecule has 0 aliphatic carbocycles. The maximum Gasteiger partial charge on any atom is 0.307 e. The molecule has 0 aromatic heterocycles. The van der Waals surface area contributed by atoms with Gasteiger partial charge in [-0.2, -0.15) is 5.26 Å². The Bertz CT molecular complexity index is 440. The molecule has 5 heteroatoms. The second-order valence-electron chi connectivity index (χ2n) is 2.92. The SMILES string of the molecule is N#Cc1ccc(CCl)c(S)c1CC(=O)O. The van der Waals surface area contributed by atoms with Crippen molar-refractivity contribution in [2.75, 3.05) is 0 Å². The summed E-state index contributed by atoms with van der Waals surface area (Å²) >= 11 is 9.85. The van der Waals surface area contributed by atoms with E-state index in [0.717, 1.165) is 5.56 Å². The van der Waals surface area contributed by atoms with Gasteiger partial charge in [-0.25, -0.2) is 0 Å². The molecule has 0 aliphatic heterocycles. The smallest absolute Gasteiger partial charge is 0.307 e. The molecular weight excluding hydrogens is 234 g/mol. The fourth-order valence-electron chi connectivity index (χ4n) is 1.23. The van der Waals surface area contributed by atoms with E-state index in [1.807, 2.05) is 6.07 Å². The van der Waals surface area contributed by atoms with Crippen LogP contribution < -0.4 is 0 Å². The van der Waals surface area contributed by atoms with Gasteiger partial charge in [-0.15, -0.1) is 24.2 Å². The molecule has 0 aliphatic rings. The predicted octanol–water partition coefficient (Wildman–Crippen LogP) is 2.21. The van der Waals surface area contributed by atoms with Gasteiger partial charge in [0.15, 0.2) is 0 Å². The zero-order chi connectivity index (χ0) is 11.4. The van der Waals surface area contributed by atoms with E-state index in [9.17, 15) is 4.79 Å². The van der Waals surface area contributed by atoms with Crippen molar-refractivity contribution in [2.45, 2.75) is 17.2 Å². The number of hydrogen-bond donors (Lipinski definition) is 2. The van der Waals surface area contributed by atoms with Crippen LogP contribution in [0.5, 0.6) is 0 Å². The lowest BCUT2D eigenvalue weighted by molar-refractivity contribution is -0.136. The topological polar surface area (TPSA) is 61.1 Å². The van der Waals surface area contributed by atoms with Crippen LogP contribution in [0.25, 0.3) is 0 Å². The minimum Gasteiger partial charge on any atom is -0.481 e. The van der Waals surface area contributed by atoms with Crippen molar-refractivity contribution in [1.29, 1.82) is 5.26 Å². The summed E-state index contributed by atoms with van der Waals surface area (Å²) in [6, 6.07) is 5.18. The summed E-state index contributed by atoms with van der Waals surface area (Å²) < 4.78 is 0. The number of halogens is 1. The predicted molar refractivity (Wildman–Crippen MR) is 59.3 cm³/mol. The van der Waals surface area contributed by atoms with Gasteiger partial charge in [0.2, 0.25) is 0 Å². The average molecular weight is 242 g/mol. The van der Waals surface area contributed by atoms with E-state index in [1.54, 1.807) is 12.1 Å². The molecule has 1 rings (SSSR count). The maximum atomic E-state index is 10.6. The van der Waals surface area contributed by atoms with Gasteiger partial charge in [-0.05, 0) is 17.2 Å². The first kappa shape index (κ1) is 11.9. The van der Waals surface area contributed by atoms with Gasteiger partial charge in [0, 0.05) is 10.8 Å². The molecule has 1 aromatic carbocycles. The quantitative estimate of drug-likeness (QED) is 0.630. The summed E-state index contributed by atoms with van der Waals surface area (Å²) in [5, 5.41) is 17.5. The summed E-state index contributed by atoms with van der Waals surface area (Å²) in [4.78, 5) is 11.1. The van der Waals surface area contributed by atoms with Crippen LogP contribution in [-0.2, 0) is 17.1 Å². The number of thiol groups is 1. The minimum absolute atomic E-state index is 0.216. The third-order valence-corrected chi connectivity index (χ3v) is 2.80. The van der Waals surface area contributed by atoms with Crippen LogP contribution in [0.1, 0.15) is 16.7 Å². The molecular formula is C10H8ClNO2S. The third-order valence-electron chi connectivity index (χ3n) is 1.96. The van der Waals surface area contributed by atoms with Crippen LogP contribution in [0.4, 0.5) is 0 Å². The minimum atomic E-state index is -0.992. The number of alkyl halides is 1. The summed E-state index contributed by atoms with van der Waals surface area (Å²) in [7, 11) is 0. The van der Waals surface area contributed by atoms with Gasteiger partial charge < -0.3 is 5.11 Å². The molecule has 0 radical (unpaired) electrons. The molecule has 15 heavy (non-hydrogen) atoms. The lowest BCUT2D eigenvalue weighted by Crippen LogP contribution is -2.04. The summed E-state index contributed by atoms with van der Waals surface area (Å²) in [6.07, 6.45) is -0.216. The Morgan fingerprint density at radius 2 is 2.27 bits per heavy atom. The highest BCUT2D eigenvalue weighted by Gasteiger charge is 2.13. The van der Waals surface area contributed by atoms with Crippen LogP contribution in [0.3, 0.4) is 0 Å². The largest absolute Gasteiger partial charge is 0.481 e. The van der Waals surface area contributed by atoms with Crippen LogP contribution in [0.15, 0.2) is 17.0 Å². The lowest BCUT2D eigenvalue weighted by Gasteiger charge is -2.08. The maximum absolute atomic E-state index is 10.6. The molecule has 0 atom stereocenters. The van der Waals surface area contributed by atoms with Crippen molar-refractivity contribution >= 4 is 30.2 Å². The van der Waals surface area contributed by atoms with Crippen molar-refractivity contribution in [2.24, 2.45) is 0 Å². The van der Waals surface area contributed by atoms with Crippen LogP contribution in [0, 0.1) is 11.3 Å². The monoisotopic (exact) mass is 241 g/mol. The van der Waals surface area contributed by atoms with Gasteiger partial charge in [-0.1, -0.05) is 6.07 Å². The number of carboxylic acid groups (broad SMARTS) is 1. The molecule has 0 saturated heterocycles. The Labute approximate surface area is 97.7 Å². The van der Waals surface area contributed by atoms with Gasteiger partial charge >= 0.3 is 5.97 Å². The van der Waals surface area contributed by atoms with Crippen LogP contribution in [0.2, 0.25) is 0 Å². The molecule has 0 saturated carbocycles. The summed E-state index contributed by atoms with van der Waals surface area (Å²) in [5.74, 6) is -0.745. The van der Waals surface area contributed by atoms with E-state index >= 15 is 0 Å². The first-order valence-electron chi connectivity index (χ1n) is 4.11. The Morgan fingerprint density at radius 3 is 2.73 bits per heavy atom. The molecule has 3 nitrogen and oxygen atoms in total. The van der Waals surface area contributed by atoms with E-state index in [2.05, 4.69) is 12.6 Å². The van der Waals surface area contributed by atoms with Gasteiger partial charge in [0.25, 0.3) is 0 Å². The van der Waals surface area contributed by atoms with Crippen molar-refractivity contribution < 1.29 is 9.90 Å². The number of carbonyl (C=O) groups is 1. The van der Waals surface area contributed by atoms with E-state index in [1.165, 1.54) is 0 Å². The molecule has 78 valence electrons. The number of aliphatic carboxylic acids is 1. The number of carboxylic acids is 1. The van der Waals surface area contributed by atoms with Crippen molar-refractivity contribution in [1.82, 2.24) is 0 Å². The first-order valence-corrected chi connectivity index (χ1v) is 5.10. The highest BCUT2D eigenvalue weighted by Crippen LogP contribution is 2.24. The highest BCUT2D eigenvalue weighted by atomic mass is 35.5. The van der Waals surface area contributed by atoms with E-state index < -0.39 is 5.97 Å². The first-order chi connectivity index (χ1) is 7.10. The zero-order valence-electron chi connectivity index (χ0n) is 7.70. The number of nitrogens with zero attached hydrogens (tertiary/aromatic N) is 1. The molecule has 0 spiro atoms. The number of rotatable bonds is 3. The van der Waals surface area contributed by atoms with Crippen LogP contribution >= 0.6 is 24.2 Å². The van der Waals surface area contributed by atoms with E-state index in [-0.39, 0.29) is 12.3 Å². The Kier molecular flexibility index (Phi) is 4.01. The lowest BCUT2D eigenvalue weighted by atomic mass is 10.0. The average Bonchev–Trinajstić information content (AvgIpc) is 2.20. The Balaban J connectivity index is 3.30. The Morgan fingerprint density at radius 1 is 1.60 bits per heavy atom. The molecule has 0 fully saturated rings. The summed E-state index contributed by atoms with van der Waals surface area (Å²) in [6.45, 7) is 0. The summed E-state index contributed by atoms with van der Waals surface area (Å²) in [5.41, 5.74) is 1.48. The number of nitriles is 1. The normalized spacial score (nSPS) is 9.67. The molecule has 0 heterocycles. The van der Waals surface area contributed by atoms with E-state index in [4.69, 9.17) is 22.0 Å². The number of benzene rings is 1. The fourth-order valence-corrected chi connectivity index (χ4v) is 1.90. The van der Waals surface area contributed by atoms with Crippen molar-refractivity contribution in [3.8, 4) is 6.07 Å². The standard InChI is InChI=1S/C10H8ClNO2S/c11-4-6-1-2-7(5-12)8(10(6)15)3-9(13)14/h1-2,15H,3-4H2,(H,13,14). The number of hydrogen-bond acceptors (Lipinski definition) is 3. The fraction of sp³-hybridized carbons (Fsp3) is 0.200.